The molecule has 0 saturated carbocycles. The normalized spacial score (nSPS) is 17.7. The largest absolute Gasteiger partial charge is 0.391 e. The Balaban J connectivity index is 1.35. The maximum atomic E-state index is 10.2. The minimum absolute atomic E-state index is 0.310. The van der Waals surface area contributed by atoms with Crippen molar-refractivity contribution in [1.29, 1.82) is 0 Å². The molecule has 0 aliphatic carbocycles. The Morgan fingerprint density at radius 1 is 0.917 bits per heavy atom. The number of benzene rings is 2. The lowest BCUT2D eigenvalue weighted by Crippen LogP contribution is -2.44. The number of rotatable bonds is 7. The highest BCUT2D eigenvalue weighted by atomic mass is 16.3. The first-order chi connectivity index (χ1) is 11.8. The van der Waals surface area contributed by atoms with Gasteiger partial charge in [-0.25, -0.2) is 0 Å². The minimum Gasteiger partial charge on any atom is -0.391 e. The van der Waals surface area contributed by atoms with Gasteiger partial charge in [0.1, 0.15) is 0 Å². The minimum atomic E-state index is -0.310. The standard InChI is InChI=1S/C21H28N2O/c24-21(15-18-7-3-1-4-8-18)16-22-20-11-13-23(14-12-20)17-19-9-5-2-6-10-19/h1-10,20-22,24H,11-17H2. The first-order valence-corrected chi connectivity index (χ1v) is 9.01. The van der Waals surface area contributed by atoms with Crippen LogP contribution >= 0.6 is 0 Å². The summed E-state index contributed by atoms with van der Waals surface area (Å²) in [6.45, 7) is 3.98. The Labute approximate surface area is 145 Å². The van der Waals surface area contributed by atoms with E-state index < -0.39 is 0 Å². The predicted molar refractivity (Wildman–Crippen MR) is 98.9 cm³/mol. The lowest BCUT2D eigenvalue weighted by molar-refractivity contribution is 0.148. The topological polar surface area (TPSA) is 35.5 Å². The average Bonchev–Trinajstić information content (AvgIpc) is 2.63. The lowest BCUT2D eigenvalue weighted by Gasteiger charge is -2.33. The van der Waals surface area contributed by atoms with Crippen molar-refractivity contribution < 1.29 is 5.11 Å². The third-order valence-corrected chi connectivity index (χ3v) is 4.79. The van der Waals surface area contributed by atoms with Gasteiger partial charge in [-0.15, -0.1) is 0 Å². The molecule has 1 atom stereocenters. The van der Waals surface area contributed by atoms with Crippen LogP contribution in [-0.2, 0) is 13.0 Å². The Kier molecular flexibility index (Phi) is 6.41. The molecule has 1 aliphatic rings. The van der Waals surface area contributed by atoms with Crippen LogP contribution in [0.1, 0.15) is 24.0 Å². The van der Waals surface area contributed by atoms with Gasteiger partial charge in [-0.3, -0.25) is 4.90 Å². The molecule has 24 heavy (non-hydrogen) atoms. The van der Waals surface area contributed by atoms with Crippen LogP contribution in [-0.4, -0.2) is 41.8 Å². The molecule has 3 nitrogen and oxygen atoms in total. The second-order valence-corrected chi connectivity index (χ2v) is 6.79. The molecule has 0 bridgehead atoms. The number of piperidine rings is 1. The first-order valence-electron chi connectivity index (χ1n) is 9.01. The van der Waals surface area contributed by atoms with E-state index in [1.165, 1.54) is 11.1 Å². The highest BCUT2D eigenvalue weighted by Crippen LogP contribution is 2.14. The summed E-state index contributed by atoms with van der Waals surface area (Å²) >= 11 is 0. The molecule has 2 N–H and O–H groups in total. The van der Waals surface area contributed by atoms with Crippen LogP contribution in [0.15, 0.2) is 60.7 Å². The van der Waals surface area contributed by atoms with E-state index in [4.69, 9.17) is 0 Å². The van der Waals surface area contributed by atoms with Crippen LogP contribution < -0.4 is 5.32 Å². The zero-order valence-electron chi connectivity index (χ0n) is 14.3. The van der Waals surface area contributed by atoms with Crippen molar-refractivity contribution in [2.24, 2.45) is 0 Å². The van der Waals surface area contributed by atoms with Crippen LogP contribution in [0.4, 0.5) is 0 Å². The van der Waals surface area contributed by atoms with E-state index in [2.05, 4.69) is 52.7 Å². The van der Waals surface area contributed by atoms with Crippen molar-refractivity contribution in [3.8, 4) is 0 Å². The van der Waals surface area contributed by atoms with Crippen molar-refractivity contribution in [2.75, 3.05) is 19.6 Å². The zero-order chi connectivity index (χ0) is 16.6. The Hall–Kier alpha value is -1.68. The van der Waals surface area contributed by atoms with E-state index in [0.29, 0.717) is 12.6 Å². The van der Waals surface area contributed by atoms with Crippen molar-refractivity contribution in [3.05, 3.63) is 71.8 Å². The summed E-state index contributed by atoms with van der Waals surface area (Å²) in [7, 11) is 0. The zero-order valence-corrected chi connectivity index (χ0v) is 14.3. The fraction of sp³-hybridized carbons (Fsp3) is 0.429. The summed E-state index contributed by atoms with van der Waals surface area (Å²) in [4.78, 5) is 2.52. The number of nitrogens with zero attached hydrogens (tertiary/aromatic N) is 1. The molecule has 128 valence electrons. The summed E-state index contributed by atoms with van der Waals surface area (Å²) in [5, 5.41) is 13.8. The molecule has 1 heterocycles. The number of likely N-dealkylation sites (tertiary alicyclic amines) is 1. The van der Waals surface area contributed by atoms with Gasteiger partial charge in [-0.05, 0) is 43.5 Å². The molecule has 1 saturated heterocycles. The molecule has 0 aromatic heterocycles. The van der Waals surface area contributed by atoms with Gasteiger partial charge in [0, 0.05) is 19.1 Å². The van der Waals surface area contributed by atoms with Gasteiger partial charge in [0.15, 0.2) is 0 Å². The summed E-state index contributed by atoms with van der Waals surface area (Å²) in [5.41, 5.74) is 2.59. The molecule has 3 heteroatoms. The van der Waals surface area contributed by atoms with Gasteiger partial charge in [0.25, 0.3) is 0 Å². The molecule has 0 radical (unpaired) electrons. The maximum Gasteiger partial charge on any atom is 0.0704 e. The number of hydrogen-bond acceptors (Lipinski definition) is 3. The predicted octanol–water partition coefficient (Wildman–Crippen LogP) is 2.84. The van der Waals surface area contributed by atoms with E-state index >= 15 is 0 Å². The smallest absolute Gasteiger partial charge is 0.0704 e. The fourth-order valence-corrected chi connectivity index (χ4v) is 3.40. The van der Waals surface area contributed by atoms with Crippen molar-refractivity contribution in [3.63, 3.8) is 0 Å². The van der Waals surface area contributed by atoms with Crippen LogP contribution in [0.2, 0.25) is 0 Å². The molecule has 2 aromatic carbocycles. The molecule has 1 unspecified atom stereocenters. The molecule has 0 spiro atoms. The van der Waals surface area contributed by atoms with E-state index in [1.54, 1.807) is 0 Å². The van der Waals surface area contributed by atoms with Gasteiger partial charge in [-0.2, -0.15) is 0 Å². The highest BCUT2D eigenvalue weighted by molar-refractivity contribution is 5.16. The molecule has 0 amide bonds. The maximum absolute atomic E-state index is 10.2. The highest BCUT2D eigenvalue weighted by Gasteiger charge is 2.19. The van der Waals surface area contributed by atoms with E-state index in [1.807, 2.05) is 18.2 Å². The number of aliphatic hydroxyl groups excluding tert-OH is 1. The van der Waals surface area contributed by atoms with Gasteiger partial charge in [-0.1, -0.05) is 60.7 Å². The number of hydrogen-bond donors (Lipinski definition) is 2. The molecular weight excluding hydrogens is 296 g/mol. The van der Waals surface area contributed by atoms with Gasteiger partial charge in [0.05, 0.1) is 6.10 Å². The van der Waals surface area contributed by atoms with Gasteiger partial charge in [0.2, 0.25) is 0 Å². The second kappa shape index (κ2) is 8.97. The molecule has 3 rings (SSSR count). The molecule has 1 aliphatic heterocycles. The van der Waals surface area contributed by atoms with E-state index in [0.717, 1.165) is 38.9 Å². The third kappa shape index (κ3) is 5.45. The summed E-state index contributed by atoms with van der Waals surface area (Å²) in [6.07, 6.45) is 2.73. The molecule has 1 fully saturated rings. The SMILES string of the molecule is OC(CNC1CCN(Cc2ccccc2)CC1)Cc1ccccc1. The number of aliphatic hydroxyl groups is 1. The third-order valence-electron chi connectivity index (χ3n) is 4.79. The number of nitrogens with one attached hydrogen (secondary N) is 1. The van der Waals surface area contributed by atoms with Gasteiger partial charge >= 0.3 is 0 Å². The molecule has 2 aromatic rings. The first kappa shape index (κ1) is 17.2. The summed E-state index contributed by atoms with van der Waals surface area (Å²) < 4.78 is 0. The van der Waals surface area contributed by atoms with Crippen LogP contribution in [0.5, 0.6) is 0 Å². The Bertz CT molecular complexity index is 579. The van der Waals surface area contributed by atoms with Crippen LogP contribution in [0.25, 0.3) is 0 Å². The van der Waals surface area contributed by atoms with Crippen molar-refractivity contribution >= 4 is 0 Å². The van der Waals surface area contributed by atoms with E-state index in [-0.39, 0.29) is 6.10 Å². The van der Waals surface area contributed by atoms with Crippen molar-refractivity contribution in [2.45, 2.75) is 38.0 Å². The second-order valence-electron chi connectivity index (χ2n) is 6.79. The van der Waals surface area contributed by atoms with Crippen LogP contribution in [0, 0.1) is 0 Å². The van der Waals surface area contributed by atoms with Gasteiger partial charge < -0.3 is 10.4 Å². The van der Waals surface area contributed by atoms with Crippen LogP contribution in [0.3, 0.4) is 0 Å². The lowest BCUT2D eigenvalue weighted by atomic mass is 10.0. The summed E-state index contributed by atoms with van der Waals surface area (Å²) in [5.74, 6) is 0. The van der Waals surface area contributed by atoms with Crippen molar-refractivity contribution in [1.82, 2.24) is 10.2 Å². The fourth-order valence-electron chi connectivity index (χ4n) is 3.40. The Morgan fingerprint density at radius 3 is 2.12 bits per heavy atom. The monoisotopic (exact) mass is 324 g/mol. The molecular formula is C21H28N2O. The average molecular weight is 324 g/mol. The van der Waals surface area contributed by atoms with E-state index in [9.17, 15) is 5.11 Å². The Morgan fingerprint density at radius 2 is 1.50 bits per heavy atom. The summed E-state index contributed by atoms with van der Waals surface area (Å²) in [6, 6.07) is 21.4. The quantitative estimate of drug-likeness (QED) is 0.822.